The Balaban J connectivity index is 1.26. The number of carbonyl (C=O) groups is 1. The number of hydrogen-bond donors (Lipinski definition) is 1. The zero-order valence-corrected chi connectivity index (χ0v) is 24.2. The van der Waals surface area contributed by atoms with Gasteiger partial charge in [0.15, 0.2) is 5.69 Å². The van der Waals surface area contributed by atoms with Crippen molar-refractivity contribution in [2.24, 2.45) is 7.05 Å². The Morgan fingerprint density at radius 3 is 2.64 bits per heavy atom. The third-order valence-corrected chi connectivity index (χ3v) is 8.12. The zero-order chi connectivity index (χ0) is 29.0. The first-order chi connectivity index (χ1) is 20.2. The van der Waals surface area contributed by atoms with Crippen LogP contribution in [0.1, 0.15) is 54.8 Å². The van der Waals surface area contributed by atoms with Gasteiger partial charge < -0.3 is 10.1 Å². The van der Waals surface area contributed by atoms with Gasteiger partial charge in [0, 0.05) is 37.5 Å². The van der Waals surface area contributed by atoms with E-state index >= 15 is 0 Å². The minimum absolute atomic E-state index is 0.169. The number of aromatic nitrogens is 8. The molecule has 1 atom stereocenters. The van der Waals surface area contributed by atoms with Gasteiger partial charge in [-0.3, -0.25) is 14.4 Å². The number of amides is 1. The van der Waals surface area contributed by atoms with E-state index in [0.29, 0.717) is 11.7 Å². The van der Waals surface area contributed by atoms with Crippen molar-refractivity contribution in [3.63, 3.8) is 0 Å². The van der Waals surface area contributed by atoms with Crippen molar-refractivity contribution in [1.82, 2.24) is 49.6 Å². The second-order valence-corrected chi connectivity index (χ2v) is 12.1. The summed E-state index contributed by atoms with van der Waals surface area (Å²) < 4.78 is 10.9. The van der Waals surface area contributed by atoms with Gasteiger partial charge in [-0.2, -0.15) is 10.2 Å². The lowest BCUT2D eigenvalue weighted by molar-refractivity contribution is -0.0678. The molecule has 12 nitrogen and oxygen atoms in total. The van der Waals surface area contributed by atoms with E-state index in [4.69, 9.17) is 9.72 Å². The Labute approximate surface area is 243 Å². The van der Waals surface area contributed by atoms with E-state index in [1.165, 1.54) is 0 Å². The maximum Gasteiger partial charge on any atom is 0.273 e. The molecule has 1 aromatic carbocycles. The summed E-state index contributed by atoms with van der Waals surface area (Å²) in [6.07, 6.45) is 9.97. The first-order valence-corrected chi connectivity index (χ1v) is 14.2. The van der Waals surface area contributed by atoms with Crippen LogP contribution in [0, 0.1) is 0 Å². The Morgan fingerprint density at radius 1 is 1.07 bits per heavy atom. The number of hydrogen-bond acceptors (Lipinski definition) is 8. The van der Waals surface area contributed by atoms with E-state index in [2.05, 4.69) is 48.9 Å². The zero-order valence-electron chi connectivity index (χ0n) is 24.2. The van der Waals surface area contributed by atoms with Gasteiger partial charge >= 0.3 is 0 Å². The summed E-state index contributed by atoms with van der Waals surface area (Å²) in [5, 5.41) is 20.4. The van der Waals surface area contributed by atoms with E-state index in [-0.39, 0.29) is 17.5 Å². The fourth-order valence-electron chi connectivity index (χ4n) is 5.63. The standard InChI is InChI=1S/C30H34N10O2/c1-30(2,3)40-16-26(35-36-40)29(41)34-24-8-10-38(22-17-42-18-22)14-20-11-19(5-6-23(20)24)28-27-7-9-31-39(27)15-25(33-28)21-12-32-37(4)13-21/h5-7,9,11-13,15-16,22,24H,8,10,14,17-18H2,1-4H3,(H,34,41)/t24-/m1/s1. The number of rotatable bonds is 5. The summed E-state index contributed by atoms with van der Waals surface area (Å²) >= 11 is 0. The lowest BCUT2D eigenvalue weighted by Crippen LogP contribution is -2.48. The normalized spacial score (nSPS) is 18.0. The molecule has 4 aromatic heterocycles. The molecule has 7 rings (SSSR count). The highest BCUT2D eigenvalue weighted by Gasteiger charge is 2.32. The van der Waals surface area contributed by atoms with Crippen LogP contribution in [0.4, 0.5) is 0 Å². The third kappa shape index (κ3) is 4.86. The van der Waals surface area contributed by atoms with Crippen LogP contribution in [0.5, 0.6) is 0 Å². The van der Waals surface area contributed by atoms with Crippen molar-refractivity contribution in [2.45, 2.75) is 51.4 Å². The predicted molar refractivity (Wildman–Crippen MR) is 155 cm³/mol. The van der Waals surface area contributed by atoms with Crippen LogP contribution in [0.2, 0.25) is 0 Å². The fourth-order valence-corrected chi connectivity index (χ4v) is 5.63. The number of carbonyl (C=O) groups excluding carboxylic acids is 1. The second kappa shape index (κ2) is 10.1. The Kier molecular flexibility index (Phi) is 6.39. The maximum atomic E-state index is 13.4. The number of ether oxygens (including phenoxy) is 1. The van der Waals surface area contributed by atoms with Crippen LogP contribution in [0.25, 0.3) is 28.0 Å². The molecular weight excluding hydrogens is 532 g/mol. The number of nitrogens with one attached hydrogen (secondary N) is 1. The van der Waals surface area contributed by atoms with E-state index in [1.54, 1.807) is 21.8 Å². The molecule has 42 heavy (non-hydrogen) atoms. The maximum absolute atomic E-state index is 13.4. The van der Waals surface area contributed by atoms with Gasteiger partial charge in [0.05, 0.1) is 72.5 Å². The number of nitrogens with zero attached hydrogens (tertiary/aromatic N) is 9. The lowest BCUT2D eigenvalue weighted by atomic mass is 9.95. The lowest BCUT2D eigenvalue weighted by Gasteiger charge is -2.36. The third-order valence-electron chi connectivity index (χ3n) is 8.12. The molecule has 1 fully saturated rings. The summed E-state index contributed by atoms with van der Waals surface area (Å²) in [5.41, 5.74) is 6.81. The quantitative estimate of drug-likeness (QED) is 0.344. The molecular formula is C30H34N10O2. The van der Waals surface area contributed by atoms with Crippen molar-refractivity contribution in [3.8, 4) is 22.5 Å². The minimum Gasteiger partial charge on any atom is -0.378 e. The molecule has 2 aliphatic heterocycles. The second-order valence-electron chi connectivity index (χ2n) is 12.1. The molecule has 1 saturated heterocycles. The summed E-state index contributed by atoms with van der Waals surface area (Å²) in [4.78, 5) is 20.9. The number of aryl methyl sites for hydroxylation is 1. The van der Waals surface area contributed by atoms with Crippen LogP contribution in [0.3, 0.4) is 0 Å². The van der Waals surface area contributed by atoms with Gasteiger partial charge in [-0.15, -0.1) is 5.10 Å². The van der Waals surface area contributed by atoms with E-state index < -0.39 is 0 Å². The summed E-state index contributed by atoms with van der Waals surface area (Å²) in [7, 11) is 1.89. The molecule has 0 bridgehead atoms. The first kappa shape index (κ1) is 26.5. The molecule has 1 amide bonds. The topological polar surface area (TPSA) is 120 Å². The summed E-state index contributed by atoms with van der Waals surface area (Å²) in [6.45, 7) is 9.15. The van der Waals surface area contributed by atoms with Crippen molar-refractivity contribution in [2.75, 3.05) is 19.8 Å². The minimum atomic E-state index is -0.258. The largest absolute Gasteiger partial charge is 0.378 e. The molecule has 0 radical (unpaired) electrons. The molecule has 0 saturated carbocycles. The van der Waals surface area contributed by atoms with Gasteiger partial charge in [-0.05, 0) is 50.5 Å². The van der Waals surface area contributed by atoms with Gasteiger partial charge in [0.2, 0.25) is 0 Å². The predicted octanol–water partition coefficient (Wildman–Crippen LogP) is 3.22. The highest BCUT2D eigenvalue weighted by Crippen LogP contribution is 2.34. The van der Waals surface area contributed by atoms with Gasteiger partial charge in [0.1, 0.15) is 0 Å². The molecule has 216 valence electrons. The Hall–Kier alpha value is -4.42. The van der Waals surface area contributed by atoms with Gasteiger partial charge in [0.25, 0.3) is 5.91 Å². The number of fused-ring (bicyclic) bond motifs is 2. The van der Waals surface area contributed by atoms with Crippen LogP contribution in [0.15, 0.2) is 55.2 Å². The molecule has 6 heterocycles. The highest BCUT2D eigenvalue weighted by atomic mass is 16.5. The SMILES string of the molecule is Cn1cc(-c2cn3nccc3c(-c3ccc4c(c3)CN(C3COC3)CC[C@H]4NC(=O)c3cn(C(C)(C)C)nn3)n2)cn1. The van der Waals surface area contributed by atoms with Crippen molar-refractivity contribution >= 4 is 11.4 Å². The summed E-state index contributed by atoms with van der Waals surface area (Å²) in [6, 6.07) is 8.62. The molecule has 12 heteroatoms. The molecule has 0 aliphatic carbocycles. The van der Waals surface area contributed by atoms with Gasteiger partial charge in [-0.1, -0.05) is 17.3 Å². The monoisotopic (exact) mass is 566 g/mol. The smallest absolute Gasteiger partial charge is 0.273 e. The average Bonchev–Trinajstić information content (AvgIpc) is 3.68. The van der Waals surface area contributed by atoms with Crippen molar-refractivity contribution < 1.29 is 9.53 Å². The first-order valence-electron chi connectivity index (χ1n) is 14.2. The van der Waals surface area contributed by atoms with Crippen LogP contribution in [-0.2, 0) is 23.9 Å². The Bertz CT molecular complexity index is 1770. The number of benzene rings is 1. The highest BCUT2D eigenvalue weighted by molar-refractivity contribution is 5.92. The molecule has 2 aliphatic rings. The molecule has 1 N–H and O–H groups in total. The van der Waals surface area contributed by atoms with Crippen LogP contribution in [-0.4, -0.2) is 76.0 Å². The molecule has 5 aromatic rings. The molecule has 0 spiro atoms. The van der Waals surface area contributed by atoms with E-state index in [9.17, 15) is 4.79 Å². The van der Waals surface area contributed by atoms with E-state index in [1.807, 2.05) is 57.0 Å². The fraction of sp³-hybridized carbons (Fsp3) is 0.400. The average molecular weight is 567 g/mol. The van der Waals surface area contributed by atoms with E-state index in [0.717, 1.165) is 71.9 Å². The summed E-state index contributed by atoms with van der Waals surface area (Å²) in [5.74, 6) is -0.224. The van der Waals surface area contributed by atoms with Gasteiger partial charge in [-0.25, -0.2) is 14.2 Å². The molecule has 0 unspecified atom stereocenters. The van der Waals surface area contributed by atoms with Crippen molar-refractivity contribution in [3.05, 3.63) is 72.1 Å². The van der Waals surface area contributed by atoms with Crippen LogP contribution < -0.4 is 5.32 Å². The van der Waals surface area contributed by atoms with Crippen LogP contribution >= 0.6 is 0 Å². The van der Waals surface area contributed by atoms with Crippen molar-refractivity contribution in [1.29, 1.82) is 0 Å². The Morgan fingerprint density at radius 2 is 1.93 bits per heavy atom.